The van der Waals surface area contributed by atoms with Gasteiger partial charge in [-0.05, 0) is 31.0 Å². The van der Waals surface area contributed by atoms with Crippen LogP contribution in [0, 0.1) is 6.92 Å². The SMILES string of the molecule is Cc1cccc(OCCC(=O)NC2CCS(=O)(=O)C2)c1. The molecule has 110 valence electrons. The van der Waals surface area contributed by atoms with Crippen LogP contribution in [0.5, 0.6) is 5.75 Å². The number of carbonyl (C=O) groups excluding carboxylic acids is 1. The van der Waals surface area contributed by atoms with E-state index in [-0.39, 0.29) is 36.5 Å². The van der Waals surface area contributed by atoms with Gasteiger partial charge in [-0.3, -0.25) is 4.79 Å². The number of hydrogen-bond acceptors (Lipinski definition) is 4. The summed E-state index contributed by atoms with van der Waals surface area (Å²) < 4.78 is 28.0. The van der Waals surface area contributed by atoms with Gasteiger partial charge in [-0.15, -0.1) is 0 Å². The molecular formula is C14H19NO4S. The molecule has 2 rings (SSSR count). The number of sulfone groups is 1. The third kappa shape index (κ3) is 4.52. The molecule has 0 saturated carbocycles. The van der Waals surface area contributed by atoms with E-state index in [0.717, 1.165) is 11.3 Å². The van der Waals surface area contributed by atoms with Crippen molar-refractivity contribution in [3.05, 3.63) is 29.8 Å². The summed E-state index contributed by atoms with van der Waals surface area (Å²) in [6.07, 6.45) is 0.733. The van der Waals surface area contributed by atoms with Crippen LogP contribution < -0.4 is 10.1 Å². The minimum absolute atomic E-state index is 0.0531. The van der Waals surface area contributed by atoms with Gasteiger partial charge in [0.05, 0.1) is 24.5 Å². The van der Waals surface area contributed by atoms with E-state index in [0.29, 0.717) is 6.42 Å². The summed E-state index contributed by atoms with van der Waals surface area (Å²) in [4.78, 5) is 11.7. The molecule has 20 heavy (non-hydrogen) atoms. The maximum absolute atomic E-state index is 11.7. The Morgan fingerprint density at radius 3 is 2.90 bits per heavy atom. The average Bonchev–Trinajstić information content (AvgIpc) is 2.68. The lowest BCUT2D eigenvalue weighted by atomic mass is 10.2. The zero-order chi connectivity index (χ0) is 14.6. The molecule has 1 unspecified atom stereocenters. The van der Waals surface area contributed by atoms with Crippen molar-refractivity contribution in [3.8, 4) is 5.75 Å². The molecule has 0 aromatic heterocycles. The van der Waals surface area contributed by atoms with Crippen LogP contribution in [-0.2, 0) is 14.6 Å². The molecule has 1 aliphatic heterocycles. The van der Waals surface area contributed by atoms with Crippen molar-refractivity contribution in [2.75, 3.05) is 18.1 Å². The standard InChI is InChI=1S/C14H19NO4S/c1-11-3-2-4-13(9-11)19-7-5-14(16)15-12-6-8-20(17,18)10-12/h2-4,9,12H,5-8,10H2,1H3,(H,15,16). The third-order valence-electron chi connectivity index (χ3n) is 3.18. The van der Waals surface area contributed by atoms with E-state index in [4.69, 9.17) is 4.74 Å². The zero-order valence-electron chi connectivity index (χ0n) is 11.5. The van der Waals surface area contributed by atoms with Crippen LogP contribution in [0.4, 0.5) is 0 Å². The van der Waals surface area contributed by atoms with Crippen LogP contribution in [-0.4, -0.2) is 38.5 Å². The molecular weight excluding hydrogens is 278 g/mol. The van der Waals surface area contributed by atoms with Crippen molar-refractivity contribution in [3.63, 3.8) is 0 Å². The second-order valence-electron chi connectivity index (χ2n) is 5.08. The molecule has 0 bridgehead atoms. The van der Waals surface area contributed by atoms with Crippen LogP contribution in [0.2, 0.25) is 0 Å². The van der Waals surface area contributed by atoms with Gasteiger partial charge < -0.3 is 10.1 Å². The number of rotatable bonds is 5. The van der Waals surface area contributed by atoms with Crippen molar-refractivity contribution >= 4 is 15.7 Å². The van der Waals surface area contributed by atoms with E-state index in [1.165, 1.54) is 0 Å². The fourth-order valence-electron chi connectivity index (χ4n) is 2.18. The Balaban J connectivity index is 1.71. The number of aryl methyl sites for hydroxylation is 1. The maximum Gasteiger partial charge on any atom is 0.223 e. The maximum atomic E-state index is 11.7. The van der Waals surface area contributed by atoms with E-state index in [2.05, 4.69) is 5.32 Å². The van der Waals surface area contributed by atoms with Gasteiger partial charge in [0.2, 0.25) is 5.91 Å². The van der Waals surface area contributed by atoms with Crippen molar-refractivity contribution in [2.45, 2.75) is 25.8 Å². The highest BCUT2D eigenvalue weighted by molar-refractivity contribution is 7.91. The van der Waals surface area contributed by atoms with Crippen LogP contribution in [0.15, 0.2) is 24.3 Å². The Labute approximate surface area is 119 Å². The topological polar surface area (TPSA) is 72.5 Å². The molecule has 1 heterocycles. The number of nitrogens with one attached hydrogen (secondary N) is 1. The summed E-state index contributed by atoms with van der Waals surface area (Å²) in [5.41, 5.74) is 1.10. The lowest BCUT2D eigenvalue weighted by Gasteiger charge is -2.11. The quantitative estimate of drug-likeness (QED) is 0.882. The molecule has 1 aliphatic rings. The first-order valence-corrected chi connectivity index (χ1v) is 8.46. The monoisotopic (exact) mass is 297 g/mol. The van der Waals surface area contributed by atoms with Gasteiger partial charge >= 0.3 is 0 Å². The molecule has 1 amide bonds. The van der Waals surface area contributed by atoms with Gasteiger partial charge in [0.15, 0.2) is 9.84 Å². The predicted molar refractivity (Wildman–Crippen MR) is 76.5 cm³/mol. The molecule has 5 nitrogen and oxygen atoms in total. The lowest BCUT2D eigenvalue weighted by molar-refractivity contribution is -0.122. The van der Waals surface area contributed by atoms with E-state index in [1.807, 2.05) is 31.2 Å². The average molecular weight is 297 g/mol. The second kappa shape index (κ2) is 6.26. The van der Waals surface area contributed by atoms with Crippen molar-refractivity contribution in [2.24, 2.45) is 0 Å². The molecule has 0 radical (unpaired) electrons. The Kier molecular flexibility index (Phi) is 4.65. The van der Waals surface area contributed by atoms with Crippen molar-refractivity contribution in [1.29, 1.82) is 0 Å². The summed E-state index contributed by atoms with van der Waals surface area (Å²) in [5.74, 6) is 0.788. The number of hydrogen-bond donors (Lipinski definition) is 1. The second-order valence-corrected chi connectivity index (χ2v) is 7.31. The summed E-state index contributed by atoms with van der Waals surface area (Å²) >= 11 is 0. The van der Waals surface area contributed by atoms with Gasteiger partial charge in [0, 0.05) is 6.04 Å². The van der Waals surface area contributed by atoms with Crippen LogP contribution in [0.3, 0.4) is 0 Å². The molecule has 0 aliphatic carbocycles. The van der Waals surface area contributed by atoms with E-state index >= 15 is 0 Å². The number of amides is 1. The summed E-state index contributed by atoms with van der Waals surface area (Å²) in [7, 11) is -2.96. The summed E-state index contributed by atoms with van der Waals surface area (Å²) in [6.45, 7) is 2.26. The molecule has 6 heteroatoms. The van der Waals surface area contributed by atoms with Crippen molar-refractivity contribution < 1.29 is 17.9 Å². The zero-order valence-corrected chi connectivity index (χ0v) is 12.3. The van der Waals surface area contributed by atoms with Crippen LogP contribution >= 0.6 is 0 Å². The fraction of sp³-hybridized carbons (Fsp3) is 0.500. The first kappa shape index (κ1) is 14.8. The summed E-state index contributed by atoms with van der Waals surface area (Å²) in [6, 6.07) is 7.37. The Morgan fingerprint density at radius 1 is 1.45 bits per heavy atom. The van der Waals surface area contributed by atoms with E-state index in [1.54, 1.807) is 0 Å². The molecule has 1 aromatic rings. The normalized spacial score (nSPS) is 20.6. The number of carbonyl (C=O) groups is 1. The van der Waals surface area contributed by atoms with Gasteiger partial charge in [-0.1, -0.05) is 12.1 Å². The minimum Gasteiger partial charge on any atom is -0.493 e. The highest BCUT2D eigenvalue weighted by Gasteiger charge is 2.28. The summed E-state index contributed by atoms with van der Waals surface area (Å²) in [5, 5.41) is 2.73. The Bertz CT molecular complexity index is 583. The number of ether oxygens (including phenoxy) is 1. The number of benzene rings is 1. The fourth-order valence-corrected chi connectivity index (χ4v) is 3.85. The molecule has 1 saturated heterocycles. The molecule has 0 spiro atoms. The third-order valence-corrected chi connectivity index (χ3v) is 4.95. The smallest absolute Gasteiger partial charge is 0.223 e. The van der Waals surface area contributed by atoms with Gasteiger partial charge in [-0.25, -0.2) is 8.42 Å². The van der Waals surface area contributed by atoms with E-state index in [9.17, 15) is 13.2 Å². The molecule has 1 atom stereocenters. The minimum atomic E-state index is -2.96. The Morgan fingerprint density at radius 2 is 2.25 bits per heavy atom. The van der Waals surface area contributed by atoms with Crippen LogP contribution in [0.1, 0.15) is 18.4 Å². The first-order chi connectivity index (χ1) is 9.44. The van der Waals surface area contributed by atoms with Crippen molar-refractivity contribution in [1.82, 2.24) is 5.32 Å². The predicted octanol–water partition coefficient (Wildman–Crippen LogP) is 1.07. The first-order valence-electron chi connectivity index (χ1n) is 6.64. The molecule has 1 fully saturated rings. The van der Waals surface area contributed by atoms with Gasteiger partial charge in [0.1, 0.15) is 5.75 Å². The van der Waals surface area contributed by atoms with E-state index < -0.39 is 9.84 Å². The molecule has 1 aromatic carbocycles. The van der Waals surface area contributed by atoms with Crippen LogP contribution in [0.25, 0.3) is 0 Å². The van der Waals surface area contributed by atoms with Gasteiger partial charge in [0.25, 0.3) is 0 Å². The lowest BCUT2D eigenvalue weighted by Crippen LogP contribution is -2.36. The highest BCUT2D eigenvalue weighted by Crippen LogP contribution is 2.13. The largest absolute Gasteiger partial charge is 0.493 e. The van der Waals surface area contributed by atoms with Gasteiger partial charge in [-0.2, -0.15) is 0 Å². The Hall–Kier alpha value is -1.56. The molecule has 1 N–H and O–H groups in total. The highest BCUT2D eigenvalue weighted by atomic mass is 32.2.